The van der Waals surface area contributed by atoms with Gasteiger partial charge in [0.05, 0.1) is 5.56 Å². The summed E-state index contributed by atoms with van der Waals surface area (Å²) in [6.07, 6.45) is 4.39. The molecule has 1 fully saturated rings. The fraction of sp³-hybridized carbons (Fsp3) is 0.450. The average Bonchev–Trinajstić information content (AvgIpc) is 3.09. The number of benzene rings is 1. The molecular formula is C20H29N2O2Y-. The molecule has 0 amide bonds. The minimum atomic E-state index is -0.247. The smallest absolute Gasteiger partial charge is 0.278 e. The molecule has 0 bridgehead atoms. The number of rotatable bonds is 2. The minimum Gasteiger partial charge on any atom is -0.505 e. The van der Waals surface area contributed by atoms with Crippen molar-refractivity contribution in [2.24, 2.45) is 7.05 Å². The van der Waals surface area contributed by atoms with Crippen LogP contribution in [-0.2, 0) is 39.8 Å². The quantitative estimate of drug-likeness (QED) is 0.726. The molecule has 2 aromatic rings. The van der Waals surface area contributed by atoms with E-state index in [2.05, 4.69) is 5.10 Å². The molecule has 1 aromatic heterocycles. The zero-order valence-corrected chi connectivity index (χ0v) is 18.9. The van der Waals surface area contributed by atoms with Crippen LogP contribution in [-0.4, -0.2) is 14.9 Å². The maximum atomic E-state index is 12.4. The molecular weight excluding hydrogens is 389 g/mol. The fourth-order valence-corrected chi connectivity index (χ4v) is 3.22. The predicted molar refractivity (Wildman–Crippen MR) is 100 cm³/mol. The van der Waals surface area contributed by atoms with Gasteiger partial charge in [0.1, 0.15) is 5.69 Å². The van der Waals surface area contributed by atoms with Crippen LogP contribution in [0.3, 0.4) is 0 Å². The third-order valence-corrected chi connectivity index (χ3v) is 4.40. The second kappa shape index (κ2) is 10.9. The first-order valence-corrected chi connectivity index (χ1v) is 8.45. The Morgan fingerprint density at radius 1 is 1.16 bits per heavy atom. The van der Waals surface area contributed by atoms with Crippen LogP contribution >= 0.6 is 0 Å². The molecule has 1 heterocycles. The topological polar surface area (TPSA) is 55.1 Å². The molecule has 5 heteroatoms. The van der Waals surface area contributed by atoms with E-state index < -0.39 is 0 Å². The number of nitrogens with zero attached hydrogens (tertiary/aromatic N) is 2. The van der Waals surface area contributed by atoms with E-state index in [1.54, 1.807) is 7.05 Å². The average molecular weight is 418 g/mol. The van der Waals surface area contributed by atoms with E-state index in [4.69, 9.17) is 0 Å². The summed E-state index contributed by atoms with van der Waals surface area (Å²) in [6, 6.07) is 7.64. The van der Waals surface area contributed by atoms with Crippen molar-refractivity contribution in [1.82, 2.24) is 9.78 Å². The van der Waals surface area contributed by atoms with Crippen LogP contribution < -0.4 is 5.56 Å². The van der Waals surface area contributed by atoms with Crippen molar-refractivity contribution in [3.8, 4) is 16.9 Å². The van der Waals surface area contributed by atoms with Crippen molar-refractivity contribution in [2.75, 3.05) is 0 Å². The van der Waals surface area contributed by atoms with Gasteiger partial charge in [0.15, 0.2) is 5.75 Å². The summed E-state index contributed by atoms with van der Waals surface area (Å²) in [5.41, 5.74) is 2.58. The number of aromatic hydroxyl groups is 1. The molecule has 0 aliphatic heterocycles. The zero-order valence-electron chi connectivity index (χ0n) is 16.0. The molecule has 1 saturated carbocycles. The van der Waals surface area contributed by atoms with E-state index in [1.165, 1.54) is 4.68 Å². The molecule has 1 aliphatic rings. The van der Waals surface area contributed by atoms with Crippen molar-refractivity contribution in [3.05, 3.63) is 53.3 Å². The summed E-state index contributed by atoms with van der Waals surface area (Å²) in [5, 5.41) is 15.0. The second-order valence-electron chi connectivity index (χ2n) is 5.83. The van der Waals surface area contributed by atoms with E-state index in [1.807, 2.05) is 45.0 Å². The van der Waals surface area contributed by atoms with E-state index >= 15 is 0 Å². The molecule has 1 aliphatic carbocycles. The maximum absolute atomic E-state index is 12.4. The Labute approximate surface area is 176 Å². The summed E-state index contributed by atoms with van der Waals surface area (Å²) in [6.45, 7) is 5.95. The summed E-state index contributed by atoms with van der Waals surface area (Å²) in [7, 11) is 1.65. The van der Waals surface area contributed by atoms with Gasteiger partial charge in [0.2, 0.25) is 0 Å². The summed E-state index contributed by atoms with van der Waals surface area (Å²) < 4.78 is 1.36. The first-order valence-electron chi connectivity index (χ1n) is 8.45. The number of aromatic nitrogens is 2. The summed E-state index contributed by atoms with van der Waals surface area (Å²) >= 11 is 0. The van der Waals surface area contributed by atoms with E-state index in [9.17, 15) is 9.90 Å². The van der Waals surface area contributed by atoms with E-state index in [-0.39, 0.29) is 57.4 Å². The van der Waals surface area contributed by atoms with Crippen LogP contribution in [0.15, 0.2) is 29.1 Å². The molecule has 1 radical (unpaired) electrons. The van der Waals surface area contributed by atoms with Gasteiger partial charge in [-0.15, -0.1) is 0 Å². The second-order valence-corrected chi connectivity index (χ2v) is 5.83. The van der Waals surface area contributed by atoms with Crippen LogP contribution in [0.25, 0.3) is 11.1 Å². The monoisotopic (exact) mass is 418 g/mol. The van der Waals surface area contributed by atoms with Gasteiger partial charge in [0.25, 0.3) is 5.56 Å². The van der Waals surface area contributed by atoms with Crippen LogP contribution in [0.2, 0.25) is 0 Å². The molecule has 1 N–H and O–H groups in total. The van der Waals surface area contributed by atoms with Crippen molar-refractivity contribution >= 4 is 0 Å². The molecule has 3 rings (SSSR count). The van der Waals surface area contributed by atoms with Crippen molar-refractivity contribution in [3.63, 3.8) is 0 Å². The van der Waals surface area contributed by atoms with Crippen LogP contribution in [0.1, 0.15) is 56.7 Å². The van der Waals surface area contributed by atoms with E-state index in [0.29, 0.717) is 11.3 Å². The third kappa shape index (κ3) is 5.01. The standard InChI is InChI=1S/C17H20N2O2.C2H6.CH3.Y/c1-11-7-3-6-10-13(11)14-16(20)15(12-8-4-5-9-12)18-19(2)17(14)21;1-2;;/h3,6-7,10,12,20H,4-5,8-9H2,1-2H3;1-2H3;1H3;/q;;-1;. The van der Waals surface area contributed by atoms with Gasteiger partial charge >= 0.3 is 0 Å². The molecule has 4 nitrogen and oxygen atoms in total. The van der Waals surface area contributed by atoms with Crippen LogP contribution in [0.4, 0.5) is 0 Å². The minimum absolute atomic E-state index is 0. The maximum Gasteiger partial charge on any atom is 0.278 e. The van der Waals surface area contributed by atoms with Gasteiger partial charge < -0.3 is 12.5 Å². The normalized spacial score (nSPS) is 13.3. The number of hydrogen-bond acceptors (Lipinski definition) is 3. The first-order chi connectivity index (χ1) is 11.1. The largest absolute Gasteiger partial charge is 0.505 e. The van der Waals surface area contributed by atoms with Crippen LogP contribution in [0.5, 0.6) is 5.75 Å². The van der Waals surface area contributed by atoms with Gasteiger partial charge in [-0.3, -0.25) is 4.79 Å². The van der Waals surface area contributed by atoms with E-state index in [0.717, 1.165) is 36.8 Å². The molecule has 0 atom stereocenters. The number of aryl methyl sites for hydroxylation is 2. The number of hydrogen-bond donors (Lipinski definition) is 1. The Hall–Kier alpha value is -0.996. The Bertz CT molecular complexity index is 735. The van der Waals surface area contributed by atoms with Crippen LogP contribution in [0, 0.1) is 14.4 Å². The Morgan fingerprint density at radius 2 is 1.72 bits per heavy atom. The van der Waals surface area contributed by atoms with Gasteiger partial charge in [-0.25, -0.2) is 4.68 Å². The Kier molecular flexibility index (Phi) is 10.4. The van der Waals surface area contributed by atoms with Gasteiger partial charge in [0, 0.05) is 45.7 Å². The van der Waals surface area contributed by atoms with Crippen molar-refractivity contribution in [1.29, 1.82) is 0 Å². The first kappa shape index (κ1) is 24.0. The molecule has 1 aromatic carbocycles. The summed E-state index contributed by atoms with van der Waals surface area (Å²) in [4.78, 5) is 12.4. The Morgan fingerprint density at radius 3 is 2.28 bits per heavy atom. The SMILES string of the molecule is CC.Cc1ccccc1-c1c(O)c(C2CCCC2)nn(C)c1=O.[CH3-].[Y]. The van der Waals surface area contributed by atoms with Gasteiger partial charge in [-0.1, -0.05) is 51.0 Å². The third-order valence-electron chi connectivity index (χ3n) is 4.40. The molecule has 0 saturated heterocycles. The Balaban J connectivity index is 0.00000139. The molecule has 0 spiro atoms. The predicted octanol–water partition coefficient (Wildman–Crippen LogP) is 4.59. The van der Waals surface area contributed by atoms with Gasteiger partial charge in [-0.05, 0) is 30.9 Å². The zero-order chi connectivity index (χ0) is 17.0. The van der Waals surface area contributed by atoms with Crippen molar-refractivity contribution in [2.45, 2.75) is 52.4 Å². The molecule has 0 unspecified atom stereocenters. The molecule has 135 valence electrons. The van der Waals surface area contributed by atoms with Crippen molar-refractivity contribution < 1.29 is 37.8 Å². The summed E-state index contributed by atoms with van der Waals surface area (Å²) in [5.74, 6) is 0.332. The fourth-order valence-electron chi connectivity index (χ4n) is 3.22. The molecule has 25 heavy (non-hydrogen) atoms. The van der Waals surface area contributed by atoms with Gasteiger partial charge in [-0.2, -0.15) is 5.10 Å².